The van der Waals surface area contributed by atoms with Gasteiger partial charge in [-0.1, -0.05) is 24.6 Å². The number of aryl methyl sites for hydroxylation is 4. The summed E-state index contributed by atoms with van der Waals surface area (Å²) < 4.78 is 0. The number of amides is 2. The SMILES string of the molecule is CCc1sc(C(=O)NNC(=O)CSc2cc(C)ccc2C)cc1C. The average molecular weight is 363 g/mol. The van der Waals surface area contributed by atoms with Crippen LogP contribution < -0.4 is 10.9 Å². The summed E-state index contributed by atoms with van der Waals surface area (Å²) in [5, 5.41) is 0. The van der Waals surface area contributed by atoms with Crippen LogP contribution in [0.3, 0.4) is 0 Å². The van der Waals surface area contributed by atoms with Crippen LogP contribution in [-0.2, 0) is 11.2 Å². The van der Waals surface area contributed by atoms with Gasteiger partial charge in [0.15, 0.2) is 0 Å². The Kier molecular flexibility index (Phi) is 6.45. The van der Waals surface area contributed by atoms with Crippen molar-refractivity contribution < 1.29 is 9.59 Å². The molecule has 0 saturated heterocycles. The molecule has 2 amide bonds. The largest absolute Gasteiger partial charge is 0.279 e. The Hall–Kier alpha value is -1.79. The van der Waals surface area contributed by atoms with Crippen LogP contribution in [0.1, 0.15) is 38.2 Å². The van der Waals surface area contributed by atoms with Crippen LogP contribution in [0.5, 0.6) is 0 Å². The lowest BCUT2D eigenvalue weighted by atomic mass is 10.2. The van der Waals surface area contributed by atoms with E-state index in [1.54, 1.807) is 0 Å². The molecule has 1 heterocycles. The Morgan fingerprint density at radius 2 is 1.83 bits per heavy atom. The van der Waals surface area contributed by atoms with E-state index >= 15 is 0 Å². The molecule has 128 valence electrons. The third kappa shape index (κ3) is 4.85. The van der Waals surface area contributed by atoms with Crippen molar-refractivity contribution in [3.05, 3.63) is 50.7 Å². The first-order valence-electron chi connectivity index (χ1n) is 7.79. The number of hydrogen-bond donors (Lipinski definition) is 2. The zero-order valence-corrected chi connectivity index (χ0v) is 16.0. The summed E-state index contributed by atoms with van der Waals surface area (Å²) in [5.74, 6) is -0.236. The third-order valence-corrected chi connectivity index (χ3v) is 6.12. The second-order valence-electron chi connectivity index (χ2n) is 5.63. The Morgan fingerprint density at radius 3 is 2.50 bits per heavy atom. The Bertz CT molecular complexity index is 753. The summed E-state index contributed by atoms with van der Waals surface area (Å²) in [6.45, 7) is 8.10. The topological polar surface area (TPSA) is 58.2 Å². The first kappa shape index (κ1) is 18.5. The third-order valence-electron chi connectivity index (χ3n) is 3.58. The monoisotopic (exact) mass is 362 g/mol. The molecule has 0 atom stereocenters. The fourth-order valence-electron chi connectivity index (χ4n) is 2.21. The van der Waals surface area contributed by atoms with Crippen LogP contribution in [0.2, 0.25) is 0 Å². The van der Waals surface area contributed by atoms with Gasteiger partial charge in [-0.05, 0) is 50.5 Å². The molecule has 0 fully saturated rings. The average Bonchev–Trinajstić information content (AvgIpc) is 2.94. The van der Waals surface area contributed by atoms with Crippen LogP contribution in [-0.4, -0.2) is 17.6 Å². The molecule has 2 N–H and O–H groups in total. The smallest absolute Gasteiger partial charge is 0.272 e. The van der Waals surface area contributed by atoms with E-state index in [1.165, 1.54) is 28.0 Å². The summed E-state index contributed by atoms with van der Waals surface area (Å²) in [6.07, 6.45) is 0.905. The summed E-state index contributed by atoms with van der Waals surface area (Å²) in [5.41, 5.74) is 8.38. The highest BCUT2D eigenvalue weighted by atomic mass is 32.2. The molecule has 0 unspecified atom stereocenters. The minimum Gasteiger partial charge on any atom is -0.272 e. The van der Waals surface area contributed by atoms with E-state index in [0.29, 0.717) is 4.88 Å². The maximum Gasteiger partial charge on any atom is 0.279 e. The maximum atomic E-state index is 12.1. The fraction of sp³-hybridized carbons (Fsp3) is 0.333. The lowest BCUT2D eigenvalue weighted by Crippen LogP contribution is -2.42. The van der Waals surface area contributed by atoms with E-state index in [4.69, 9.17) is 0 Å². The number of nitrogens with one attached hydrogen (secondary N) is 2. The molecule has 24 heavy (non-hydrogen) atoms. The van der Waals surface area contributed by atoms with Crippen LogP contribution in [0.25, 0.3) is 0 Å². The first-order chi connectivity index (χ1) is 11.4. The van der Waals surface area contributed by atoms with Crippen molar-refractivity contribution >= 4 is 34.9 Å². The van der Waals surface area contributed by atoms with Crippen molar-refractivity contribution in [2.24, 2.45) is 0 Å². The van der Waals surface area contributed by atoms with Crippen LogP contribution >= 0.6 is 23.1 Å². The number of thioether (sulfide) groups is 1. The summed E-state index contributed by atoms with van der Waals surface area (Å²) >= 11 is 2.93. The molecular weight excluding hydrogens is 340 g/mol. The second kappa shape index (κ2) is 8.35. The molecule has 0 aliphatic rings. The predicted molar refractivity (Wildman–Crippen MR) is 101 cm³/mol. The summed E-state index contributed by atoms with van der Waals surface area (Å²) in [7, 11) is 0. The minimum atomic E-state index is -0.270. The van der Waals surface area contributed by atoms with E-state index in [2.05, 4.69) is 23.8 Å². The number of thiophene rings is 1. The van der Waals surface area contributed by atoms with Crippen molar-refractivity contribution in [1.82, 2.24) is 10.9 Å². The standard InChI is InChI=1S/C18H22N2O2S2/c1-5-14-13(4)9-16(24-14)18(22)20-19-17(21)10-23-15-8-11(2)6-7-12(15)3/h6-9H,5,10H2,1-4H3,(H,19,21)(H,20,22). The van der Waals surface area contributed by atoms with Gasteiger partial charge in [-0.25, -0.2) is 0 Å². The predicted octanol–water partition coefficient (Wildman–Crippen LogP) is 3.79. The first-order valence-corrected chi connectivity index (χ1v) is 9.59. The summed E-state index contributed by atoms with van der Waals surface area (Å²) in [6, 6.07) is 8.01. The highest BCUT2D eigenvalue weighted by Gasteiger charge is 2.12. The van der Waals surface area contributed by atoms with Crippen molar-refractivity contribution in [1.29, 1.82) is 0 Å². The van der Waals surface area contributed by atoms with E-state index in [1.807, 2.05) is 39.0 Å². The molecule has 0 aliphatic carbocycles. The number of hydrogen-bond acceptors (Lipinski definition) is 4. The number of hydrazine groups is 1. The molecule has 0 bridgehead atoms. The molecule has 0 saturated carbocycles. The van der Waals surface area contributed by atoms with Crippen LogP contribution in [0, 0.1) is 20.8 Å². The van der Waals surface area contributed by atoms with Gasteiger partial charge >= 0.3 is 0 Å². The highest BCUT2D eigenvalue weighted by Crippen LogP contribution is 2.23. The molecule has 0 radical (unpaired) electrons. The molecule has 6 heteroatoms. The van der Waals surface area contributed by atoms with E-state index in [-0.39, 0.29) is 17.6 Å². The lowest BCUT2D eigenvalue weighted by molar-refractivity contribution is -0.119. The molecule has 2 rings (SSSR count). The van der Waals surface area contributed by atoms with Gasteiger partial charge in [0.2, 0.25) is 5.91 Å². The number of carbonyl (C=O) groups is 2. The Labute approximate surface area is 151 Å². The van der Waals surface area contributed by atoms with Gasteiger partial charge in [-0.3, -0.25) is 20.4 Å². The van der Waals surface area contributed by atoms with Gasteiger partial charge in [-0.2, -0.15) is 0 Å². The number of carbonyl (C=O) groups excluding carboxylic acids is 2. The fourth-order valence-corrected chi connectivity index (χ4v) is 4.15. The Morgan fingerprint density at radius 1 is 1.08 bits per heavy atom. The van der Waals surface area contributed by atoms with Crippen LogP contribution in [0.4, 0.5) is 0 Å². The van der Waals surface area contributed by atoms with Gasteiger partial charge < -0.3 is 0 Å². The van der Waals surface area contributed by atoms with E-state index in [9.17, 15) is 9.59 Å². The minimum absolute atomic E-state index is 0.224. The molecule has 1 aromatic carbocycles. The quantitative estimate of drug-likeness (QED) is 0.628. The molecular formula is C18H22N2O2S2. The second-order valence-corrected chi connectivity index (χ2v) is 7.78. The van der Waals surface area contributed by atoms with Gasteiger partial charge in [0.1, 0.15) is 0 Å². The number of rotatable bonds is 5. The molecule has 2 aromatic rings. The molecule has 1 aromatic heterocycles. The van der Waals surface area contributed by atoms with Crippen LogP contribution in [0.15, 0.2) is 29.2 Å². The summed E-state index contributed by atoms with van der Waals surface area (Å²) in [4.78, 5) is 26.9. The zero-order chi connectivity index (χ0) is 17.7. The molecule has 0 aliphatic heterocycles. The zero-order valence-electron chi connectivity index (χ0n) is 14.4. The van der Waals surface area contributed by atoms with Gasteiger partial charge in [0.25, 0.3) is 5.91 Å². The molecule has 0 spiro atoms. The maximum absolute atomic E-state index is 12.1. The van der Waals surface area contributed by atoms with Crippen molar-refractivity contribution in [2.45, 2.75) is 39.0 Å². The number of benzene rings is 1. The van der Waals surface area contributed by atoms with Gasteiger partial charge in [0, 0.05) is 9.77 Å². The van der Waals surface area contributed by atoms with Gasteiger partial charge in [-0.15, -0.1) is 23.1 Å². The van der Waals surface area contributed by atoms with E-state index in [0.717, 1.165) is 28.0 Å². The Balaban J connectivity index is 1.84. The van der Waals surface area contributed by atoms with Crippen molar-refractivity contribution in [3.8, 4) is 0 Å². The normalized spacial score (nSPS) is 10.5. The van der Waals surface area contributed by atoms with E-state index < -0.39 is 0 Å². The highest BCUT2D eigenvalue weighted by molar-refractivity contribution is 8.00. The van der Waals surface area contributed by atoms with Gasteiger partial charge in [0.05, 0.1) is 10.6 Å². The van der Waals surface area contributed by atoms with Crippen molar-refractivity contribution in [2.75, 3.05) is 5.75 Å². The lowest BCUT2D eigenvalue weighted by Gasteiger charge is -2.08. The molecule has 4 nitrogen and oxygen atoms in total. The van der Waals surface area contributed by atoms with Crippen molar-refractivity contribution in [3.63, 3.8) is 0 Å².